The molecule has 0 saturated heterocycles. The molecule has 0 unspecified atom stereocenters. The van der Waals surface area contributed by atoms with Gasteiger partial charge < -0.3 is 0 Å². The molecular weight excluding hydrogens is 256 g/mol. The Bertz CT molecular complexity index is 680. The van der Waals surface area contributed by atoms with Crippen LogP contribution in [0.25, 0.3) is 0 Å². The Balaban J connectivity index is 2.34. The lowest BCUT2D eigenvalue weighted by Crippen LogP contribution is -2.04. The van der Waals surface area contributed by atoms with Crippen molar-refractivity contribution in [1.82, 2.24) is 9.78 Å². The van der Waals surface area contributed by atoms with Gasteiger partial charge in [0.05, 0.1) is 23.1 Å². The summed E-state index contributed by atoms with van der Waals surface area (Å²) in [5.41, 5.74) is 2.69. The molecule has 0 atom stereocenters. The van der Waals surface area contributed by atoms with Gasteiger partial charge in [-0.15, -0.1) is 0 Å². The van der Waals surface area contributed by atoms with E-state index in [4.69, 9.17) is 5.26 Å². The number of aromatic nitrogens is 2. The fourth-order valence-corrected chi connectivity index (χ4v) is 2.09. The van der Waals surface area contributed by atoms with E-state index in [0.717, 1.165) is 5.56 Å². The second kappa shape index (κ2) is 5.53. The molecule has 6 nitrogen and oxygen atoms in total. The Morgan fingerprint density at radius 2 is 2.05 bits per heavy atom. The first kappa shape index (κ1) is 13.7. The molecule has 2 aromatic rings. The maximum Gasteiger partial charge on any atom is 0.313 e. The van der Waals surface area contributed by atoms with E-state index in [1.165, 1.54) is 0 Å². The lowest BCUT2D eigenvalue weighted by Gasteiger charge is -2.03. The van der Waals surface area contributed by atoms with Crippen LogP contribution in [0.15, 0.2) is 24.3 Å². The summed E-state index contributed by atoms with van der Waals surface area (Å²) < 4.78 is 1.64. The number of nitro groups is 1. The van der Waals surface area contributed by atoms with E-state index >= 15 is 0 Å². The first-order valence-electron chi connectivity index (χ1n) is 6.26. The van der Waals surface area contributed by atoms with Gasteiger partial charge in [0.1, 0.15) is 11.4 Å². The van der Waals surface area contributed by atoms with Crippen molar-refractivity contribution in [2.75, 3.05) is 0 Å². The van der Waals surface area contributed by atoms with E-state index in [9.17, 15) is 10.1 Å². The predicted molar refractivity (Wildman–Crippen MR) is 73.3 cm³/mol. The van der Waals surface area contributed by atoms with Crippen LogP contribution >= 0.6 is 0 Å². The quantitative estimate of drug-likeness (QED) is 0.631. The molecule has 0 aliphatic heterocycles. The largest absolute Gasteiger partial charge is 0.313 e. The summed E-state index contributed by atoms with van der Waals surface area (Å²) in [5, 5.41) is 24.1. The van der Waals surface area contributed by atoms with Crippen LogP contribution in [0.1, 0.15) is 29.4 Å². The molecule has 0 N–H and O–H groups in total. The number of hydrogen-bond acceptors (Lipinski definition) is 4. The summed E-state index contributed by atoms with van der Waals surface area (Å²) in [6, 6.07) is 9.17. The zero-order chi connectivity index (χ0) is 14.7. The Labute approximate surface area is 116 Å². The highest BCUT2D eigenvalue weighted by Gasteiger charge is 2.23. The van der Waals surface area contributed by atoms with Crippen LogP contribution in [-0.2, 0) is 13.0 Å². The lowest BCUT2D eigenvalue weighted by atomic mass is 10.1. The van der Waals surface area contributed by atoms with Crippen LogP contribution in [0.5, 0.6) is 0 Å². The van der Waals surface area contributed by atoms with Crippen LogP contribution in [0, 0.1) is 28.4 Å². The number of aryl methyl sites for hydroxylation is 1. The van der Waals surface area contributed by atoms with Gasteiger partial charge in [0.2, 0.25) is 0 Å². The van der Waals surface area contributed by atoms with Gasteiger partial charge in [-0.05, 0) is 31.0 Å². The molecule has 0 aliphatic carbocycles. The molecule has 0 saturated carbocycles. The number of hydrogen-bond donors (Lipinski definition) is 0. The Kier molecular flexibility index (Phi) is 3.80. The molecule has 0 radical (unpaired) electrons. The molecule has 0 spiro atoms. The molecule has 0 aliphatic rings. The minimum absolute atomic E-state index is 0.0983. The van der Waals surface area contributed by atoms with Gasteiger partial charge in [-0.1, -0.05) is 19.1 Å². The van der Waals surface area contributed by atoms with Gasteiger partial charge in [0.15, 0.2) is 0 Å². The molecular formula is C14H14N4O2. The smallest absolute Gasteiger partial charge is 0.258 e. The number of rotatable bonds is 4. The van der Waals surface area contributed by atoms with Crippen molar-refractivity contribution in [2.45, 2.75) is 26.8 Å². The molecule has 20 heavy (non-hydrogen) atoms. The zero-order valence-corrected chi connectivity index (χ0v) is 11.3. The van der Waals surface area contributed by atoms with Gasteiger partial charge in [-0.3, -0.25) is 14.8 Å². The van der Waals surface area contributed by atoms with Crippen LogP contribution < -0.4 is 0 Å². The van der Waals surface area contributed by atoms with Crippen molar-refractivity contribution in [1.29, 1.82) is 5.26 Å². The molecule has 102 valence electrons. The second-order valence-corrected chi connectivity index (χ2v) is 4.46. The Hall–Kier alpha value is -2.68. The predicted octanol–water partition coefficient (Wildman–Crippen LogP) is 2.58. The van der Waals surface area contributed by atoms with Crippen LogP contribution in [0.3, 0.4) is 0 Å². The van der Waals surface area contributed by atoms with E-state index < -0.39 is 0 Å². The molecule has 2 rings (SSSR count). The van der Waals surface area contributed by atoms with Gasteiger partial charge >= 0.3 is 5.69 Å². The fraction of sp³-hybridized carbons (Fsp3) is 0.286. The minimum atomic E-state index is -0.379. The van der Waals surface area contributed by atoms with Crippen LogP contribution in [0.2, 0.25) is 0 Å². The average molecular weight is 270 g/mol. The third-order valence-corrected chi connectivity index (χ3v) is 3.18. The highest BCUT2D eigenvalue weighted by molar-refractivity contribution is 5.41. The average Bonchev–Trinajstić information content (AvgIpc) is 2.76. The first-order chi connectivity index (χ1) is 9.56. The number of nitriles is 1. The SMILES string of the molecule is CCc1nn(Cc2ccc(C#N)cc2)c(C)c1[N+](=O)[O-]. The van der Waals surface area contributed by atoms with E-state index in [2.05, 4.69) is 11.2 Å². The van der Waals surface area contributed by atoms with Crippen LogP contribution in [0.4, 0.5) is 5.69 Å². The normalized spacial score (nSPS) is 10.2. The first-order valence-corrected chi connectivity index (χ1v) is 6.26. The highest BCUT2D eigenvalue weighted by atomic mass is 16.6. The molecule has 1 aromatic carbocycles. The zero-order valence-electron chi connectivity index (χ0n) is 11.3. The van der Waals surface area contributed by atoms with Crippen molar-refractivity contribution in [3.63, 3.8) is 0 Å². The van der Waals surface area contributed by atoms with E-state index in [0.29, 0.717) is 29.9 Å². The van der Waals surface area contributed by atoms with E-state index in [-0.39, 0.29) is 10.6 Å². The molecule has 0 amide bonds. The van der Waals surface area contributed by atoms with Gasteiger partial charge in [-0.2, -0.15) is 10.4 Å². The Morgan fingerprint density at radius 1 is 1.40 bits per heavy atom. The van der Waals surface area contributed by atoms with Gasteiger partial charge in [0.25, 0.3) is 0 Å². The number of benzene rings is 1. The maximum atomic E-state index is 11.1. The monoisotopic (exact) mass is 270 g/mol. The summed E-state index contributed by atoms with van der Waals surface area (Å²) in [4.78, 5) is 10.7. The molecule has 0 bridgehead atoms. The summed E-state index contributed by atoms with van der Waals surface area (Å²) in [5.74, 6) is 0. The molecule has 1 aromatic heterocycles. The third kappa shape index (κ3) is 2.52. The number of nitrogens with zero attached hydrogens (tertiary/aromatic N) is 4. The Morgan fingerprint density at radius 3 is 2.50 bits per heavy atom. The summed E-state index contributed by atoms with van der Waals surface area (Å²) in [7, 11) is 0. The van der Waals surface area contributed by atoms with Crippen molar-refractivity contribution in [2.24, 2.45) is 0 Å². The molecule has 1 heterocycles. The summed E-state index contributed by atoms with van der Waals surface area (Å²) in [6.07, 6.45) is 0.525. The standard InChI is InChI=1S/C14H14N4O2/c1-3-13-14(18(19)20)10(2)17(16-13)9-12-6-4-11(8-15)5-7-12/h4-7H,3,9H2,1-2H3. The second-order valence-electron chi connectivity index (χ2n) is 4.46. The highest BCUT2D eigenvalue weighted by Crippen LogP contribution is 2.23. The fourth-order valence-electron chi connectivity index (χ4n) is 2.09. The topological polar surface area (TPSA) is 84.8 Å². The summed E-state index contributed by atoms with van der Waals surface area (Å²) >= 11 is 0. The summed E-state index contributed by atoms with van der Waals surface area (Å²) in [6.45, 7) is 4.01. The van der Waals surface area contributed by atoms with Crippen molar-refractivity contribution in [3.8, 4) is 6.07 Å². The van der Waals surface area contributed by atoms with Gasteiger partial charge in [-0.25, -0.2) is 0 Å². The third-order valence-electron chi connectivity index (χ3n) is 3.18. The van der Waals surface area contributed by atoms with E-state index in [1.807, 2.05) is 19.1 Å². The van der Waals surface area contributed by atoms with Crippen molar-refractivity contribution in [3.05, 3.63) is 56.9 Å². The molecule has 0 fully saturated rings. The van der Waals surface area contributed by atoms with Crippen molar-refractivity contribution >= 4 is 5.69 Å². The van der Waals surface area contributed by atoms with Crippen LogP contribution in [-0.4, -0.2) is 14.7 Å². The lowest BCUT2D eigenvalue weighted by molar-refractivity contribution is -0.386. The maximum absolute atomic E-state index is 11.1. The van der Waals surface area contributed by atoms with Crippen molar-refractivity contribution < 1.29 is 4.92 Å². The van der Waals surface area contributed by atoms with Gasteiger partial charge in [0, 0.05) is 0 Å². The molecule has 6 heteroatoms. The minimum Gasteiger partial charge on any atom is -0.258 e. The van der Waals surface area contributed by atoms with E-state index in [1.54, 1.807) is 23.7 Å².